The van der Waals surface area contributed by atoms with E-state index < -0.39 is 24.1 Å². The van der Waals surface area contributed by atoms with Gasteiger partial charge in [-0.1, -0.05) is 36.4 Å². The molecule has 0 aliphatic carbocycles. The predicted molar refractivity (Wildman–Crippen MR) is 153 cm³/mol. The van der Waals surface area contributed by atoms with Crippen LogP contribution in [0.25, 0.3) is 0 Å². The number of aryl methyl sites for hydroxylation is 1. The molecule has 0 spiro atoms. The van der Waals surface area contributed by atoms with Crippen LogP contribution in [0.15, 0.2) is 66.7 Å². The van der Waals surface area contributed by atoms with E-state index in [-0.39, 0.29) is 25.0 Å². The number of aliphatic carboxylic acids is 1. The molecule has 2 atom stereocenters. The first kappa shape index (κ1) is 28.5. The van der Waals surface area contributed by atoms with E-state index >= 15 is 0 Å². The number of carbonyl (C=O) groups is 4. The molecular weight excluding hydrogens is 540 g/mol. The monoisotopic (exact) mass is 572 g/mol. The van der Waals surface area contributed by atoms with Gasteiger partial charge in [-0.25, -0.2) is 4.79 Å². The van der Waals surface area contributed by atoms with Crippen LogP contribution in [-0.4, -0.2) is 53.2 Å². The number of carboxylic acids is 1. The van der Waals surface area contributed by atoms with Gasteiger partial charge in [0.15, 0.2) is 11.5 Å². The van der Waals surface area contributed by atoms with Crippen LogP contribution in [0, 0.1) is 6.92 Å². The molecule has 0 radical (unpaired) electrons. The quantitative estimate of drug-likeness (QED) is 0.303. The Morgan fingerprint density at radius 2 is 1.79 bits per heavy atom. The second kappa shape index (κ2) is 12.6. The first-order valence-electron chi connectivity index (χ1n) is 13.7. The Hall–Kier alpha value is -5.06. The van der Waals surface area contributed by atoms with E-state index in [2.05, 4.69) is 16.0 Å². The molecule has 3 aromatic carbocycles. The van der Waals surface area contributed by atoms with E-state index in [1.54, 1.807) is 41.3 Å². The van der Waals surface area contributed by atoms with Crippen molar-refractivity contribution in [3.05, 3.63) is 89.0 Å². The average Bonchev–Trinajstić information content (AvgIpc) is 3.44. The number of amides is 4. The van der Waals surface area contributed by atoms with Gasteiger partial charge in [-0.2, -0.15) is 0 Å². The zero-order chi connectivity index (χ0) is 29.6. The lowest BCUT2D eigenvalue weighted by molar-refractivity contribution is -0.138. The van der Waals surface area contributed by atoms with E-state index in [0.29, 0.717) is 54.2 Å². The van der Waals surface area contributed by atoms with Crippen molar-refractivity contribution in [3.8, 4) is 11.5 Å². The molecule has 5 rings (SSSR count). The number of nitrogens with zero attached hydrogens (tertiary/aromatic N) is 1. The molecule has 1 saturated heterocycles. The molecule has 2 heterocycles. The first-order chi connectivity index (χ1) is 20.3. The number of carbonyl (C=O) groups excluding carboxylic acids is 3. The van der Waals surface area contributed by atoms with Gasteiger partial charge >= 0.3 is 12.0 Å². The van der Waals surface area contributed by atoms with Crippen molar-refractivity contribution in [2.75, 3.05) is 18.7 Å². The summed E-state index contributed by atoms with van der Waals surface area (Å²) in [6.45, 7) is 2.85. The summed E-state index contributed by atoms with van der Waals surface area (Å²) in [5, 5.41) is 17.7. The number of benzene rings is 3. The maximum Gasteiger partial charge on any atom is 0.315 e. The summed E-state index contributed by atoms with van der Waals surface area (Å²) < 4.78 is 10.7. The number of hydrogen-bond donors (Lipinski definition) is 4. The Labute approximate surface area is 242 Å². The van der Waals surface area contributed by atoms with Crippen molar-refractivity contribution in [2.45, 2.75) is 44.8 Å². The second-order valence-electron chi connectivity index (χ2n) is 10.3. The van der Waals surface area contributed by atoms with Gasteiger partial charge in [-0.3, -0.25) is 14.4 Å². The maximum absolute atomic E-state index is 13.2. The predicted octanol–water partition coefficient (Wildman–Crippen LogP) is 3.98. The molecule has 42 heavy (non-hydrogen) atoms. The van der Waals surface area contributed by atoms with Crippen molar-refractivity contribution in [1.29, 1.82) is 0 Å². The van der Waals surface area contributed by atoms with Crippen molar-refractivity contribution < 1.29 is 33.8 Å². The normalized spacial score (nSPS) is 16.5. The van der Waals surface area contributed by atoms with Gasteiger partial charge in [0.1, 0.15) is 6.04 Å². The van der Waals surface area contributed by atoms with Crippen molar-refractivity contribution in [1.82, 2.24) is 15.5 Å². The smallest absolute Gasteiger partial charge is 0.315 e. The molecule has 2 aliphatic heterocycles. The molecule has 1 unspecified atom stereocenters. The van der Waals surface area contributed by atoms with Crippen LogP contribution in [0.1, 0.15) is 52.4 Å². The molecule has 0 aromatic heterocycles. The number of carboxylic acid groups (broad SMARTS) is 1. The minimum absolute atomic E-state index is 0.0747. The molecule has 11 heteroatoms. The highest BCUT2D eigenvalue weighted by atomic mass is 16.7. The summed E-state index contributed by atoms with van der Waals surface area (Å²) >= 11 is 0. The molecule has 0 saturated carbocycles. The SMILES string of the molecule is Cc1ccccc1C(=O)Nc1ccc(CN2CCCC(NC(=O)N[C@@H](CC(=O)O)c3ccc4c(c3)OCO4)C2=O)cc1. The Morgan fingerprint density at radius 1 is 1.02 bits per heavy atom. The van der Waals surface area contributed by atoms with E-state index in [9.17, 15) is 24.3 Å². The Morgan fingerprint density at radius 3 is 2.55 bits per heavy atom. The third-order valence-corrected chi connectivity index (χ3v) is 7.29. The molecule has 1 fully saturated rings. The molecule has 4 N–H and O–H groups in total. The highest BCUT2D eigenvalue weighted by Crippen LogP contribution is 2.35. The van der Waals surface area contributed by atoms with Gasteiger partial charge < -0.3 is 35.4 Å². The summed E-state index contributed by atoms with van der Waals surface area (Å²) in [5.41, 5.74) is 3.57. The number of piperidine rings is 1. The number of ether oxygens (including phenoxy) is 2. The van der Waals surface area contributed by atoms with Gasteiger partial charge in [-0.15, -0.1) is 0 Å². The first-order valence-corrected chi connectivity index (χ1v) is 13.7. The Balaban J connectivity index is 1.17. The standard InChI is InChI=1S/C31H32N4O7/c1-19-5-2-3-6-23(19)29(38)32-22-11-8-20(9-12-22)17-35-14-4-7-24(30(35)39)33-31(40)34-25(16-28(36)37)21-10-13-26-27(15-21)42-18-41-26/h2-3,5-6,8-13,15,24-25H,4,7,14,16-18H2,1H3,(H,32,38)(H,36,37)(H2,33,34,40)/t24?,25-/m0/s1. The lowest BCUT2D eigenvalue weighted by Crippen LogP contribution is -2.54. The van der Waals surface area contributed by atoms with Crippen molar-refractivity contribution in [3.63, 3.8) is 0 Å². The third kappa shape index (κ3) is 6.80. The van der Waals surface area contributed by atoms with E-state index in [0.717, 1.165) is 11.1 Å². The molecule has 218 valence electrons. The van der Waals surface area contributed by atoms with Crippen LogP contribution in [0.4, 0.5) is 10.5 Å². The Bertz CT molecular complexity index is 1490. The maximum atomic E-state index is 13.2. The topological polar surface area (TPSA) is 146 Å². The van der Waals surface area contributed by atoms with Crippen LogP contribution in [0.5, 0.6) is 11.5 Å². The van der Waals surface area contributed by atoms with Gasteiger partial charge in [0, 0.05) is 24.3 Å². The third-order valence-electron chi connectivity index (χ3n) is 7.29. The average molecular weight is 573 g/mol. The number of nitrogens with one attached hydrogen (secondary N) is 3. The number of fused-ring (bicyclic) bond motifs is 1. The fourth-order valence-corrected chi connectivity index (χ4v) is 5.09. The van der Waals surface area contributed by atoms with Crippen LogP contribution in [0.3, 0.4) is 0 Å². The van der Waals surface area contributed by atoms with Crippen LogP contribution < -0.4 is 25.4 Å². The van der Waals surface area contributed by atoms with Crippen LogP contribution >= 0.6 is 0 Å². The van der Waals surface area contributed by atoms with E-state index in [1.165, 1.54) is 0 Å². The molecular formula is C31H32N4O7. The molecule has 3 aromatic rings. The van der Waals surface area contributed by atoms with Crippen LogP contribution in [-0.2, 0) is 16.1 Å². The highest BCUT2D eigenvalue weighted by Gasteiger charge is 2.31. The molecule has 2 aliphatic rings. The number of hydrogen-bond acceptors (Lipinski definition) is 6. The van der Waals surface area contributed by atoms with Gasteiger partial charge in [-0.05, 0) is 66.8 Å². The Kier molecular flexibility index (Phi) is 8.56. The number of anilines is 1. The summed E-state index contributed by atoms with van der Waals surface area (Å²) in [6.07, 6.45) is 0.821. The molecule has 0 bridgehead atoms. The van der Waals surface area contributed by atoms with E-state index in [1.807, 2.05) is 37.3 Å². The summed E-state index contributed by atoms with van der Waals surface area (Å²) in [7, 11) is 0. The van der Waals surface area contributed by atoms with Gasteiger partial charge in [0.05, 0.1) is 12.5 Å². The van der Waals surface area contributed by atoms with Crippen molar-refractivity contribution >= 4 is 29.5 Å². The summed E-state index contributed by atoms with van der Waals surface area (Å²) in [5.74, 6) is -0.468. The second-order valence-corrected chi connectivity index (χ2v) is 10.3. The number of urea groups is 1. The van der Waals surface area contributed by atoms with Crippen molar-refractivity contribution in [2.24, 2.45) is 0 Å². The number of likely N-dealkylation sites (tertiary alicyclic amines) is 1. The van der Waals surface area contributed by atoms with Gasteiger partial charge in [0.2, 0.25) is 12.7 Å². The fraction of sp³-hybridized carbons (Fsp3) is 0.290. The zero-order valence-corrected chi connectivity index (χ0v) is 23.1. The molecule has 4 amide bonds. The largest absolute Gasteiger partial charge is 0.481 e. The van der Waals surface area contributed by atoms with Crippen LogP contribution in [0.2, 0.25) is 0 Å². The summed E-state index contributed by atoms with van der Waals surface area (Å²) in [6, 6.07) is 17.4. The highest BCUT2D eigenvalue weighted by molar-refractivity contribution is 6.05. The minimum Gasteiger partial charge on any atom is -0.481 e. The lowest BCUT2D eigenvalue weighted by Gasteiger charge is -2.33. The zero-order valence-electron chi connectivity index (χ0n) is 23.1. The minimum atomic E-state index is -1.08. The van der Waals surface area contributed by atoms with E-state index in [4.69, 9.17) is 9.47 Å². The summed E-state index contributed by atoms with van der Waals surface area (Å²) in [4.78, 5) is 51.9. The van der Waals surface area contributed by atoms with Gasteiger partial charge in [0.25, 0.3) is 5.91 Å². The lowest BCUT2D eigenvalue weighted by atomic mass is 10.0. The number of rotatable bonds is 9. The fourth-order valence-electron chi connectivity index (χ4n) is 5.09. The molecule has 11 nitrogen and oxygen atoms in total.